The van der Waals surface area contributed by atoms with E-state index >= 15 is 0 Å². The second-order valence-corrected chi connectivity index (χ2v) is 5.11. The summed E-state index contributed by atoms with van der Waals surface area (Å²) in [6, 6.07) is 2.79. The molecule has 0 radical (unpaired) electrons. The molecular formula is C12H16Cl2N2O2. The number of nitrogens with two attached hydrogens (primary N) is 1. The van der Waals surface area contributed by atoms with Crippen LogP contribution in [0.15, 0.2) is 12.1 Å². The highest BCUT2D eigenvalue weighted by atomic mass is 35.5. The molecule has 1 amide bonds. The Bertz CT molecular complexity index is 427. The summed E-state index contributed by atoms with van der Waals surface area (Å²) in [7, 11) is 0. The number of carbonyl (C=O) groups excluding carboxylic acids is 1. The second kappa shape index (κ2) is 6.27. The highest BCUT2D eigenvalue weighted by Gasteiger charge is 2.14. The number of nitrogens with one attached hydrogen (secondary N) is 1. The van der Waals surface area contributed by atoms with Crippen LogP contribution in [0.25, 0.3) is 0 Å². The highest BCUT2D eigenvalue weighted by molar-refractivity contribution is 6.43. The van der Waals surface area contributed by atoms with Crippen molar-refractivity contribution in [2.45, 2.75) is 32.4 Å². The van der Waals surface area contributed by atoms with Gasteiger partial charge in [0.15, 0.2) is 0 Å². The van der Waals surface area contributed by atoms with Crippen molar-refractivity contribution in [3.63, 3.8) is 0 Å². The molecule has 1 rings (SSSR count). The average Bonchev–Trinajstić information content (AvgIpc) is 2.23. The first-order chi connectivity index (χ1) is 8.31. The van der Waals surface area contributed by atoms with E-state index in [2.05, 4.69) is 5.32 Å². The molecule has 1 aromatic carbocycles. The summed E-state index contributed by atoms with van der Waals surface area (Å²) in [5, 5.41) is 12.4. The van der Waals surface area contributed by atoms with Crippen molar-refractivity contribution in [2.24, 2.45) is 0 Å². The molecule has 4 nitrogen and oxygen atoms in total. The molecule has 0 spiro atoms. The van der Waals surface area contributed by atoms with Crippen molar-refractivity contribution < 1.29 is 9.90 Å². The van der Waals surface area contributed by atoms with Gasteiger partial charge >= 0.3 is 0 Å². The molecule has 6 heteroatoms. The van der Waals surface area contributed by atoms with E-state index in [0.29, 0.717) is 12.0 Å². The molecule has 0 saturated carbocycles. The largest absolute Gasteiger partial charge is 0.397 e. The summed E-state index contributed by atoms with van der Waals surface area (Å²) in [5.74, 6) is -0.298. The standard InChI is InChI=1S/C12H16Cl2N2O2/c1-6(3-7(2)17)16-12(18)8-4-9(13)11(14)10(15)5-8/h4-7,17H,3,15H2,1-2H3,(H,16,18). The van der Waals surface area contributed by atoms with Gasteiger partial charge in [-0.1, -0.05) is 23.2 Å². The van der Waals surface area contributed by atoms with E-state index in [4.69, 9.17) is 28.9 Å². The van der Waals surface area contributed by atoms with Crippen LogP contribution in [0.2, 0.25) is 10.0 Å². The Kier molecular flexibility index (Phi) is 5.26. The van der Waals surface area contributed by atoms with E-state index in [1.807, 2.05) is 6.92 Å². The van der Waals surface area contributed by atoms with E-state index in [0.717, 1.165) is 0 Å². The Morgan fingerprint density at radius 1 is 1.44 bits per heavy atom. The van der Waals surface area contributed by atoms with Crippen molar-refractivity contribution in [3.8, 4) is 0 Å². The molecule has 0 aliphatic carbocycles. The Hall–Kier alpha value is -0.970. The van der Waals surface area contributed by atoms with Crippen molar-refractivity contribution in [3.05, 3.63) is 27.7 Å². The number of carbonyl (C=O) groups is 1. The third-order valence-electron chi connectivity index (χ3n) is 2.39. The van der Waals surface area contributed by atoms with Crippen molar-refractivity contribution in [1.82, 2.24) is 5.32 Å². The predicted octanol–water partition coefficient (Wildman–Crippen LogP) is 2.46. The Labute approximate surface area is 116 Å². The van der Waals surface area contributed by atoms with Crippen LogP contribution in [0.3, 0.4) is 0 Å². The number of halogens is 2. The van der Waals surface area contributed by atoms with Gasteiger partial charge in [-0.05, 0) is 32.4 Å². The monoisotopic (exact) mass is 290 g/mol. The molecule has 0 aliphatic heterocycles. The number of benzene rings is 1. The normalized spacial score (nSPS) is 14.1. The number of aliphatic hydroxyl groups excluding tert-OH is 1. The third-order valence-corrected chi connectivity index (χ3v) is 3.21. The zero-order chi connectivity index (χ0) is 13.9. The zero-order valence-electron chi connectivity index (χ0n) is 10.2. The van der Waals surface area contributed by atoms with Crippen LogP contribution in [0.1, 0.15) is 30.6 Å². The minimum Gasteiger partial charge on any atom is -0.397 e. The molecule has 0 bridgehead atoms. The van der Waals surface area contributed by atoms with E-state index in [1.165, 1.54) is 12.1 Å². The van der Waals surface area contributed by atoms with Gasteiger partial charge in [0, 0.05) is 11.6 Å². The van der Waals surface area contributed by atoms with Crippen LogP contribution in [-0.2, 0) is 0 Å². The number of anilines is 1. The Morgan fingerprint density at radius 2 is 2.06 bits per heavy atom. The van der Waals surface area contributed by atoms with E-state index in [9.17, 15) is 9.90 Å². The fourth-order valence-corrected chi connectivity index (χ4v) is 1.95. The van der Waals surface area contributed by atoms with Crippen molar-refractivity contribution in [1.29, 1.82) is 0 Å². The molecule has 0 aromatic heterocycles. The predicted molar refractivity (Wildman–Crippen MR) is 74.1 cm³/mol. The lowest BCUT2D eigenvalue weighted by Gasteiger charge is -2.16. The number of aliphatic hydroxyl groups is 1. The summed E-state index contributed by atoms with van der Waals surface area (Å²) in [6.45, 7) is 3.48. The number of amides is 1. The third kappa shape index (κ3) is 4.05. The molecule has 2 unspecified atom stereocenters. The summed E-state index contributed by atoms with van der Waals surface area (Å²) >= 11 is 11.7. The molecule has 4 N–H and O–H groups in total. The van der Waals surface area contributed by atoms with E-state index in [1.54, 1.807) is 6.92 Å². The van der Waals surface area contributed by atoms with Gasteiger partial charge in [-0.15, -0.1) is 0 Å². The smallest absolute Gasteiger partial charge is 0.251 e. The average molecular weight is 291 g/mol. The van der Waals surface area contributed by atoms with Gasteiger partial charge in [0.1, 0.15) is 0 Å². The Balaban J connectivity index is 2.79. The first kappa shape index (κ1) is 15.1. The van der Waals surface area contributed by atoms with Gasteiger partial charge in [-0.25, -0.2) is 0 Å². The fourth-order valence-electron chi connectivity index (χ4n) is 1.62. The summed E-state index contributed by atoms with van der Waals surface area (Å²) in [5.41, 5.74) is 6.24. The topological polar surface area (TPSA) is 75.3 Å². The molecule has 0 heterocycles. The van der Waals surface area contributed by atoms with Crippen LogP contribution in [0.5, 0.6) is 0 Å². The summed E-state index contributed by atoms with van der Waals surface area (Å²) < 4.78 is 0. The molecule has 1 aromatic rings. The van der Waals surface area contributed by atoms with Crippen LogP contribution in [-0.4, -0.2) is 23.2 Å². The highest BCUT2D eigenvalue weighted by Crippen LogP contribution is 2.29. The maximum absolute atomic E-state index is 11.9. The lowest BCUT2D eigenvalue weighted by Crippen LogP contribution is -2.34. The maximum Gasteiger partial charge on any atom is 0.251 e. The SMILES string of the molecule is CC(O)CC(C)NC(=O)c1cc(N)c(Cl)c(Cl)c1. The van der Waals surface area contributed by atoms with Crippen molar-refractivity contribution in [2.75, 3.05) is 5.73 Å². The number of hydrogen-bond acceptors (Lipinski definition) is 3. The summed E-state index contributed by atoms with van der Waals surface area (Å²) in [4.78, 5) is 11.9. The zero-order valence-corrected chi connectivity index (χ0v) is 11.7. The molecule has 0 saturated heterocycles. The van der Waals surface area contributed by atoms with Crippen LogP contribution >= 0.6 is 23.2 Å². The lowest BCUT2D eigenvalue weighted by molar-refractivity contribution is 0.0923. The number of hydrogen-bond donors (Lipinski definition) is 3. The van der Waals surface area contributed by atoms with Gasteiger partial charge in [0.25, 0.3) is 5.91 Å². The van der Waals surface area contributed by atoms with Crippen molar-refractivity contribution >= 4 is 34.8 Å². The molecule has 0 aliphatic rings. The second-order valence-electron chi connectivity index (χ2n) is 4.32. The molecule has 18 heavy (non-hydrogen) atoms. The van der Waals surface area contributed by atoms with E-state index < -0.39 is 6.10 Å². The van der Waals surface area contributed by atoms with Crippen LogP contribution < -0.4 is 11.1 Å². The first-order valence-corrected chi connectivity index (χ1v) is 6.30. The first-order valence-electron chi connectivity index (χ1n) is 5.54. The van der Waals surface area contributed by atoms with Gasteiger partial charge < -0.3 is 16.2 Å². The van der Waals surface area contributed by atoms with Gasteiger partial charge in [0.2, 0.25) is 0 Å². The van der Waals surface area contributed by atoms with Gasteiger partial charge in [0.05, 0.1) is 21.8 Å². The number of nitrogen functional groups attached to an aromatic ring is 1. The van der Waals surface area contributed by atoms with Crippen LogP contribution in [0, 0.1) is 0 Å². The quantitative estimate of drug-likeness (QED) is 0.746. The van der Waals surface area contributed by atoms with Gasteiger partial charge in [-0.3, -0.25) is 4.79 Å². The summed E-state index contributed by atoms with van der Waals surface area (Å²) in [6.07, 6.45) is 0.00176. The minimum atomic E-state index is -0.473. The van der Waals surface area contributed by atoms with Crippen LogP contribution in [0.4, 0.5) is 5.69 Å². The molecule has 100 valence electrons. The fraction of sp³-hybridized carbons (Fsp3) is 0.417. The number of rotatable bonds is 4. The maximum atomic E-state index is 11.9. The minimum absolute atomic E-state index is 0.145. The molecular weight excluding hydrogens is 275 g/mol. The Morgan fingerprint density at radius 3 is 2.56 bits per heavy atom. The van der Waals surface area contributed by atoms with Gasteiger partial charge in [-0.2, -0.15) is 0 Å². The molecule has 2 atom stereocenters. The lowest BCUT2D eigenvalue weighted by atomic mass is 10.1. The molecule has 0 fully saturated rings. The van der Waals surface area contributed by atoms with E-state index in [-0.39, 0.29) is 27.7 Å².